The maximum atomic E-state index is 12.1. The molecule has 1 aromatic heterocycles. The van der Waals surface area contributed by atoms with Crippen molar-refractivity contribution in [3.05, 3.63) is 28.0 Å². The summed E-state index contributed by atoms with van der Waals surface area (Å²) in [5.41, 5.74) is 0.474. The highest BCUT2D eigenvalue weighted by Crippen LogP contribution is 2.34. The number of esters is 2. The number of carbonyl (C=O) groups is 3. The molecule has 9 heteroatoms. The molecule has 0 fully saturated rings. The third kappa shape index (κ3) is 3.45. The Balaban J connectivity index is 2.36. The normalized spacial score (nSPS) is 13.3. The molecule has 1 amide bonds. The first-order chi connectivity index (χ1) is 11.0. The third-order valence-electron chi connectivity index (χ3n) is 3.01. The molecule has 1 aliphatic heterocycles. The van der Waals surface area contributed by atoms with Gasteiger partial charge in [-0.3, -0.25) is 4.79 Å². The summed E-state index contributed by atoms with van der Waals surface area (Å²) in [5.74, 6) is -1.88. The quantitative estimate of drug-likeness (QED) is 0.827. The van der Waals surface area contributed by atoms with Crippen molar-refractivity contribution in [2.75, 3.05) is 32.8 Å². The average Bonchev–Trinajstić information content (AvgIpc) is 2.90. The number of nitrogens with one attached hydrogen (secondary N) is 1. The molecular formula is C14H15NO7S. The van der Waals surface area contributed by atoms with Gasteiger partial charge < -0.3 is 24.3 Å². The minimum Gasteiger partial charge on any atom is -0.494 e. The second-order valence-corrected chi connectivity index (χ2v) is 5.42. The number of hydrogen-bond donors (Lipinski definition) is 1. The van der Waals surface area contributed by atoms with Crippen LogP contribution in [0.2, 0.25) is 0 Å². The van der Waals surface area contributed by atoms with E-state index in [0.717, 1.165) is 11.3 Å². The first-order valence-corrected chi connectivity index (χ1v) is 7.37. The Bertz CT molecular complexity index is 677. The summed E-state index contributed by atoms with van der Waals surface area (Å²) >= 11 is 0.924. The van der Waals surface area contributed by atoms with Crippen LogP contribution < -0.4 is 5.32 Å². The summed E-state index contributed by atoms with van der Waals surface area (Å²) in [6.07, 6.45) is 1.19. The van der Waals surface area contributed by atoms with E-state index in [1.165, 1.54) is 20.5 Å². The van der Waals surface area contributed by atoms with Crippen LogP contribution in [0.5, 0.6) is 0 Å². The Labute approximate surface area is 136 Å². The van der Waals surface area contributed by atoms with Gasteiger partial charge in [0.2, 0.25) is 5.76 Å². The molecule has 2 heterocycles. The number of carbonyl (C=O) groups excluding carboxylic acids is 3. The van der Waals surface area contributed by atoms with Gasteiger partial charge in [-0.1, -0.05) is 0 Å². The second-order valence-electron chi connectivity index (χ2n) is 4.40. The van der Waals surface area contributed by atoms with Crippen molar-refractivity contribution in [3.63, 3.8) is 0 Å². The molecule has 1 aliphatic rings. The van der Waals surface area contributed by atoms with Crippen molar-refractivity contribution in [1.29, 1.82) is 0 Å². The van der Waals surface area contributed by atoms with E-state index in [1.54, 1.807) is 6.92 Å². The van der Waals surface area contributed by atoms with Gasteiger partial charge in [0.25, 0.3) is 5.91 Å². The van der Waals surface area contributed by atoms with E-state index in [-0.39, 0.29) is 27.8 Å². The van der Waals surface area contributed by atoms with Crippen LogP contribution in [0, 0.1) is 6.92 Å². The van der Waals surface area contributed by atoms with Crippen molar-refractivity contribution < 1.29 is 33.3 Å². The Morgan fingerprint density at radius 1 is 1.17 bits per heavy atom. The fourth-order valence-electron chi connectivity index (χ4n) is 1.89. The molecule has 8 nitrogen and oxygen atoms in total. The van der Waals surface area contributed by atoms with Crippen LogP contribution in [0.1, 0.15) is 25.6 Å². The summed E-state index contributed by atoms with van der Waals surface area (Å²) < 4.78 is 19.6. The van der Waals surface area contributed by atoms with Gasteiger partial charge in [0, 0.05) is 0 Å². The fraction of sp³-hybridized carbons (Fsp3) is 0.357. The van der Waals surface area contributed by atoms with Crippen LogP contribution in [-0.2, 0) is 23.7 Å². The summed E-state index contributed by atoms with van der Waals surface area (Å²) in [4.78, 5) is 36.1. The maximum Gasteiger partial charge on any atom is 0.348 e. The van der Waals surface area contributed by atoms with Crippen molar-refractivity contribution in [2.45, 2.75) is 6.92 Å². The monoisotopic (exact) mass is 341 g/mol. The first kappa shape index (κ1) is 16.8. The average molecular weight is 341 g/mol. The molecule has 1 N–H and O–H groups in total. The highest BCUT2D eigenvalue weighted by molar-refractivity contribution is 7.18. The van der Waals surface area contributed by atoms with Crippen molar-refractivity contribution in [2.24, 2.45) is 0 Å². The van der Waals surface area contributed by atoms with Crippen molar-refractivity contribution in [1.82, 2.24) is 0 Å². The Kier molecular flexibility index (Phi) is 5.22. The zero-order valence-corrected chi connectivity index (χ0v) is 13.6. The van der Waals surface area contributed by atoms with Gasteiger partial charge in [-0.15, -0.1) is 11.3 Å². The lowest BCUT2D eigenvalue weighted by Gasteiger charge is -2.14. The zero-order chi connectivity index (χ0) is 17.0. The molecule has 0 saturated heterocycles. The molecule has 0 unspecified atom stereocenters. The van der Waals surface area contributed by atoms with Crippen molar-refractivity contribution >= 4 is 34.2 Å². The lowest BCUT2D eigenvalue weighted by molar-refractivity contribution is -0.117. The number of ether oxygens (including phenoxy) is 4. The van der Waals surface area contributed by atoms with E-state index in [9.17, 15) is 14.4 Å². The van der Waals surface area contributed by atoms with Gasteiger partial charge in [-0.2, -0.15) is 0 Å². The largest absolute Gasteiger partial charge is 0.494 e. The highest BCUT2D eigenvalue weighted by atomic mass is 32.1. The van der Waals surface area contributed by atoms with Gasteiger partial charge in [0.15, 0.2) is 0 Å². The SMILES string of the molecule is COC(=O)c1sc(NC(=O)C2=COCCO2)c(C(=O)OC)c1C. The predicted octanol–water partition coefficient (Wildman–Crippen LogP) is 1.46. The molecular weight excluding hydrogens is 326 g/mol. The fourth-order valence-corrected chi connectivity index (χ4v) is 3.00. The van der Waals surface area contributed by atoms with Crippen molar-refractivity contribution in [3.8, 4) is 0 Å². The molecule has 23 heavy (non-hydrogen) atoms. The highest BCUT2D eigenvalue weighted by Gasteiger charge is 2.28. The molecule has 124 valence electrons. The van der Waals surface area contributed by atoms with E-state index in [0.29, 0.717) is 12.2 Å². The molecule has 0 aromatic carbocycles. The van der Waals surface area contributed by atoms with Crippen LogP contribution in [0.3, 0.4) is 0 Å². The summed E-state index contributed by atoms with van der Waals surface area (Å²) in [6, 6.07) is 0. The molecule has 0 bridgehead atoms. The zero-order valence-electron chi connectivity index (χ0n) is 12.8. The first-order valence-electron chi connectivity index (χ1n) is 6.55. The number of hydrogen-bond acceptors (Lipinski definition) is 8. The third-order valence-corrected chi connectivity index (χ3v) is 4.19. The maximum absolute atomic E-state index is 12.1. The Morgan fingerprint density at radius 2 is 1.87 bits per heavy atom. The molecule has 0 aliphatic carbocycles. The standard InChI is InChI=1S/C14H15NO7S/c1-7-9(13(17)19-2)12(23-10(7)14(18)20-3)15-11(16)8-6-21-4-5-22-8/h6H,4-5H2,1-3H3,(H,15,16). The molecule has 1 aromatic rings. The Hall–Kier alpha value is -2.55. The smallest absolute Gasteiger partial charge is 0.348 e. The summed E-state index contributed by atoms with van der Waals surface area (Å²) in [6.45, 7) is 2.18. The van der Waals surface area contributed by atoms with Crippen LogP contribution in [0.25, 0.3) is 0 Å². The van der Waals surface area contributed by atoms with E-state index < -0.39 is 17.8 Å². The minimum atomic E-state index is -0.668. The Morgan fingerprint density at radius 3 is 2.43 bits per heavy atom. The molecule has 2 rings (SSSR count). The minimum absolute atomic E-state index is 0.0160. The number of anilines is 1. The number of amides is 1. The summed E-state index contributed by atoms with van der Waals surface area (Å²) in [5, 5.41) is 2.71. The van der Waals surface area contributed by atoms with Crippen LogP contribution in [0.15, 0.2) is 12.0 Å². The topological polar surface area (TPSA) is 100 Å². The van der Waals surface area contributed by atoms with Gasteiger partial charge >= 0.3 is 11.9 Å². The van der Waals surface area contributed by atoms with Crippen LogP contribution in [0.4, 0.5) is 5.00 Å². The van der Waals surface area contributed by atoms with Gasteiger partial charge in [0.05, 0.1) is 19.8 Å². The lowest BCUT2D eigenvalue weighted by Crippen LogP contribution is -2.21. The molecule has 0 atom stereocenters. The number of rotatable bonds is 4. The van der Waals surface area contributed by atoms with Gasteiger partial charge in [-0.05, 0) is 12.5 Å². The van der Waals surface area contributed by atoms with E-state index in [1.807, 2.05) is 0 Å². The van der Waals surface area contributed by atoms with E-state index in [2.05, 4.69) is 10.1 Å². The van der Waals surface area contributed by atoms with Gasteiger partial charge in [-0.25, -0.2) is 9.59 Å². The molecule has 0 radical (unpaired) electrons. The van der Waals surface area contributed by atoms with Crippen LogP contribution in [-0.4, -0.2) is 45.3 Å². The van der Waals surface area contributed by atoms with Gasteiger partial charge in [0.1, 0.15) is 29.4 Å². The molecule has 0 spiro atoms. The predicted molar refractivity (Wildman–Crippen MR) is 80.4 cm³/mol. The van der Waals surface area contributed by atoms with E-state index >= 15 is 0 Å². The van der Waals surface area contributed by atoms with Crippen LogP contribution >= 0.6 is 11.3 Å². The lowest BCUT2D eigenvalue weighted by atomic mass is 10.1. The second kappa shape index (κ2) is 7.14. The molecule has 0 saturated carbocycles. The van der Waals surface area contributed by atoms with E-state index in [4.69, 9.17) is 14.2 Å². The number of methoxy groups -OCH3 is 2. The summed E-state index contributed by atoms with van der Waals surface area (Å²) in [7, 11) is 2.44. The number of thiophene rings is 1.